The summed E-state index contributed by atoms with van der Waals surface area (Å²) >= 11 is 0. The van der Waals surface area contributed by atoms with Gasteiger partial charge in [0.2, 0.25) is 35.4 Å². The van der Waals surface area contributed by atoms with Gasteiger partial charge >= 0.3 is 5.97 Å². The van der Waals surface area contributed by atoms with Gasteiger partial charge in [0.25, 0.3) is 5.91 Å². The molecule has 0 saturated heterocycles. The lowest BCUT2D eigenvalue weighted by Crippen LogP contribution is -2.59. The molecule has 1 heterocycles. The Morgan fingerprint density at radius 1 is 0.696 bits per heavy atom. The van der Waals surface area contributed by atoms with Crippen molar-refractivity contribution in [2.45, 2.75) is 124 Å². The van der Waals surface area contributed by atoms with Crippen LogP contribution in [0.3, 0.4) is 0 Å². The first kappa shape index (κ1) is 56.8. The summed E-state index contributed by atoms with van der Waals surface area (Å²) < 4.78 is 0. The molecule has 0 aliphatic heterocycles. The zero-order chi connectivity index (χ0) is 51.4. The standard InChI is InChI=1S/C49H72N10O10/c1-28(2)22-38(55-40(61)16-18-50)46(65)54-31(7)44(63)52-20-21-59(26-35-17-19-51-37-15-10-9-14-36(35)37)27-41(62)53-25-33-12-11-13-34(24-33)45(64)56-39(23-29(3)4)47(66)58-43(32(8)60)48(67)57-42(30(5)6)49(68)69/h9-15,17,19,24,28-32,38-39,42-43,60H,16,18,20-23,25-27,50H2,1-8H3,(H,52,63)(H,53,62)(H,54,65)(H,55,61)(H,56,64)(H,57,67)(H,58,66)(H,68,69)/t31-,32+,38-,39-,42-,43-/m0/s1. The normalized spacial score (nSPS) is 14.0. The van der Waals surface area contributed by atoms with E-state index in [2.05, 4.69) is 42.2 Å². The monoisotopic (exact) mass is 961 g/mol. The third-order valence-corrected chi connectivity index (χ3v) is 11.0. The number of carbonyl (C=O) groups is 8. The predicted octanol–water partition coefficient (Wildman–Crippen LogP) is 1.09. The Morgan fingerprint density at radius 3 is 1.96 bits per heavy atom. The summed E-state index contributed by atoms with van der Waals surface area (Å²) in [4.78, 5) is 110. The minimum Gasteiger partial charge on any atom is -0.480 e. The van der Waals surface area contributed by atoms with Gasteiger partial charge in [-0.1, -0.05) is 71.9 Å². The van der Waals surface area contributed by atoms with E-state index < -0.39 is 77.7 Å². The number of aliphatic hydroxyl groups is 1. The number of aliphatic carboxylic acids is 1. The maximum atomic E-state index is 13.6. The SMILES string of the molecule is CC(C)C[C@H](NC(=O)CCN)C(=O)N[C@@H](C)C(=O)NCCN(CC(=O)NCc1cccc(C(=O)N[C@@H](CC(C)C)C(=O)N[C@H](C(=O)N[C@H](C(=O)O)C(C)C)[C@@H](C)O)c1)Cc1ccnc2ccccc12. The molecule has 2 aromatic carbocycles. The van der Waals surface area contributed by atoms with E-state index in [-0.39, 0.29) is 74.8 Å². The van der Waals surface area contributed by atoms with Gasteiger partial charge in [0, 0.05) is 56.3 Å². The first-order chi connectivity index (χ1) is 32.6. The number of benzene rings is 2. The molecule has 0 fully saturated rings. The Morgan fingerprint density at radius 2 is 1.33 bits per heavy atom. The molecule has 6 atom stereocenters. The van der Waals surface area contributed by atoms with Gasteiger partial charge in [0.05, 0.1) is 18.2 Å². The van der Waals surface area contributed by atoms with Crippen molar-refractivity contribution in [3.05, 3.63) is 77.5 Å². The number of pyridine rings is 1. The summed E-state index contributed by atoms with van der Waals surface area (Å²) in [7, 11) is 0. The van der Waals surface area contributed by atoms with Crippen molar-refractivity contribution in [2.24, 2.45) is 23.5 Å². The van der Waals surface area contributed by atoms with Gasteiger partial charge in [0.1, 0.15) is 30.2 Å². The van der Waals surface area contributed by atoms with Crippen molar-refractivity contribution in [3.63, 3.8) is 0 Å². The van der Waals surface area contributed by atoms with Gasteiger partial charge in [-0.2, -0.15) is 0 Å². The largest absolute Gasteiger partial charge is 0.480 e. The number of rotatable bonds is 28. The number of nitrogens with zero attached hydrogens (tertiary/aromatic N) is 2. The molecule has 0 radical (unpaired) electrons. The predicted molar refractivity (Wildman–Crippen MR) is 260 cm³/mol. The third-order valence-electron chi connectivity index (χ3n) is 11.0. The molecular weight excluding hydrogens is 889 g/mol. The van der Waals surface area contributed by atoms with Crippen molar-refractivity contribution in [1.29, 1.82) is 0 Å². The lowest BCUT2D eigenvalue weighted by molar-refractivity contribution is -0.144. The Kier molecular flexibility index (Phi) is 23.1. The van der Waals surface area contributed by atoms with Crippen molar-refractivity contribution in [3.8, 4) is 0 Å². The van der Waals surface area contributed by atoms with Crippen LogP contribution in [0.2, 0.25) is 0 Å². The number of carbonyl (C=O) groups excluding carboxylic acids is 7. The number of carboxylic acids is 1. The number of amides is 7. The summed E-state index contributed by atoms with van der Waals surface area (Å²) in [5, 5.41) is 39.5. The van der Waals surface area contributed by atoms with Crippen LogP contribution in [0.4, 0.5) is 0 Å². The van der Waals surface area contributed by atoms with Crippen molar-refractivity contribution < 1.29 is 48.6 Å². The maximum absolute atomic E-state index is 13.6. The van der Waals surface area contributed by atoms with Crippen molar-refractivity contribution in [2.75, 3.05) is 26.2 Å². The molecule has 20 heteroatoms. The summed E-state index contributed by atoms with van der Waals surface area (Å²) in [5.74, 6) is -5.65. The van der Waals surface area contributed by atoms with Gasteiger partial charge in [-0.25, -0.2) is 4.79 Å². The van der Waals surface area contributed by atoms with Gasteiger partial charge in [0.15, 0.2) is 0 Å². The number of hydrogen-bond donors (Lipinski definition) is 10. The molecule has 0 bridgehead atoms. The van der Waals surface area contributed by atoms with Crippen LogP contribution in [0.5, 0.6) is 0 Å². The lowest BCUT2D eigenvalue weighted by atomic mass is 10.0. The van der Waals surface area contributed by atoms with E-state index in [1.54, 1.807) is 51.2 Å². The highest BCUT2D eigenvalue weighted by Gasteiger charge is 2.34. The molecule has 3 aromatic rings. The number of para-hydroxylation sites is 1. The lowest BCUT2D eigenvalue weighted by Gasteiger charge is -2.27. The number of aromatic nitrogens is 1. The number of aliphatic hydroxyl groups excluding tert-OH is 1. The second-order valence-electron chi connectivity index (χ2n) is 18.4. The molecule has 378 valence electrons. The average molecular weight is 961 g/mol. The topological polar surface area (TPSA) is 303 Å². The zero-order valence-electron chi connectivity index (χ0n) is 41.0. The van der Waals surface area contributed by atoms with Gasteiger partial charge in [-0.15, -0.1) is 0 Å². The fraction of sp³-hybridized carbons (Fsp3) is 0.531. The molecule has 0 aliphatic carbocycles. The summed E-state index contributed by atoms with van der Waals surface area (Å²) in [6, 6.07) is 10.3. The second kappa shape index (κ2) is 28.1. The highest BCUT2D eigenvalue weighted by molar-refractivity contribution is 5.99. The van der Waals surface area contributed by atoms with E-state index in [4.69, 9.17) is 5.73 Å². The van der Waals surface area contributed by atoms with Crippen LogP contribution < -0.4 is 43.0 Å². The molecule has 0 unspecified atom stereocenters. The number of carboxylic acid groups (broad SMARTS) is 1. The molecular formula is C49H72N10O10. The molecule has 0 spiro atoms. The zero-order valence-corrected chi connectivity index (χ0v) is 41.0. The van der Waals surface area contributed by atoms with Crippen LogP contribution in [0.1, 0.15) is 96.1 Å². The highest BCUT2D eigenvalue weighted by Crippen LogP contribution is 2.18. The van der Waals surface area contributed by atoms with Crippen LogP contribution in [0.15, 0.2) is 60.8 Å². The van der Waals surface area contributed by atoms with Crippen LogP contribution in [-0.4, -0.2) is 130 Å². The fourth-order valence-electron chi connectivity index (χ4n) is 7.36. The number of nitrogens with two attached hydrogens (primary N) is 1. The van der Waals surface area contributed by atoms with E-state index >= 15 is 0 Å². The maximum Gasteiger partial charge on any atom is 0.326 e. The van der Waals surface area contributed by atoms with Gasteiger partial charge in [-0.3, -0.25) is 43.4 Å². The minimum absolute atomic E-state index is 0.0409. The van der Waals surface area contributed by atoms with E-state index in [9.17, 15) is 48.6 Å². The molecule has 0 saturated carbocycles. The number of nitrogens with one attached hydrogen (secondary N) is 7. The Balaban J connectivity index is 1.70. The third kappa shape index (κ3) is 19.2. The first-order valence-electron chi connectivity index (χ1n) is 23.4. The molecule has 11 N–H and O–H groups in total. The minimum atomic E-state index is -1.50. The Bertz CT molecular complexity index is 2230. The molecule has 0 aliphatic rings. The highest BCUT2D eigenvalue weighted by atomic mass is 16.4. The molecule has 7 amide bonds. The smallest absolute Gasteiger partial charge is 0.326 e. The Hall–Kier alpha value is -6.51. The van der Waals surface area contributed by atoms with Gasteiger partial charge in [-0.05, 0) is 79.8 Å². The summed E-state index contributed by atoms with van der Waals surface area (Å²) in [6.45, 7) is 14.3. The van der Waals surface area contributed by atoms with E-state index in [0.29, 0.717) is 18.5 Å². The Labute approximate surface area is 404 Å². The second-order valence-corrected chi connectivity index (χ2v) is 18.4. The van der Waals surface area contributed by atoms with Gasteiger partial charge < -0.3 is 53.2 Å². The van der Waals surface area contributed by atoms with Crippen LogP contribution in [0, 0.1) is 17.8 Å². The first-order valence-corrected chi connectivity index (χ1v) is 23.4. The molecule has 20 nitrogen and oxygen atoms in total. The fourth-order valence-corrected chi connectivity index (χ4v) is 7.36. The quantitative estimate of drug-likeness (QED) is 0.0488. The molecule has 1 aromatic heterocycles. The van der Waals surface area contributed by atoms with E-state index in [0.717, 1.165) is 16.5 Å². The average Bonchev–Trinajstić information content (AvgIpc) is 3.28. The van der Waals surface area contributed by atoms with Crippen LogP contribution in [-0.2, 0) is 46.7 Å². The number of fused-ring (bicyclic) bond motifs is 1. The van der Waals surface area contributed by atoms with Crippen LogP contribution >= 0.6 is 0 Å². The van der Waals surface area contributed by atoms with E-state index in [1.165, 1.54) is 6.92 Å². The molecule has 69 heavy (non-hydrogen) atoms. The van der Waals surface area contributed by atoms with E-state index in [1.807, 2.05) is 62.9 Å². The summed E-state index contributed by atoms with van der Waals surface area (Å²) in [6.07, 6.45) is 0.897. The van der Waals surface area contributed by atoms with Crippen LogP contribution in [0.25, 0.3) is 10.9 Å². The summed E-state index contributed by atoms with van der Waals surface area (Å²) in [5.41, 5.74) is 7.94. The van der Waals surface area contributed by atoms with Crippen molar-refractivity contribution >= 4 is 58.2 Å². The number of hydrogen-bond acceptors (Lipinski definition) is 12. The molecule has 3 rings (SSSR count). The van der Waals surface area contributed by atoms with Crippen molar-refractivity contribution in [1.82, 2.24) is 47.1 Å².